The van der Waals surface area contributed by atoms with Crippen LogP contribution >= 0.6 is 24.0 Å². The Kier molecular flexibility index (Phi) is 9.89. The highest BCUT2D eigenvalue weighted by atomic mass is 127. The zero-order valence-electron chi connectivity index (χ0n) is 16.3. The Balaban J connectivity index is 0.00000338. The average molecular weight is 475 g/mol. The Bertz CT molecular complexity index is 543. The molecule has 1 saturated heterocycles. The van der Waals surface area contributed by atoms with Crippen LogP contribution in [-0.4, -0.2) is 51.0 Å². The summed E-state index contributed by atoms with van der Waals surface area (Å²) >= 11 is 0. The SMILES string of the molecule is CN=C(NCC(C)(C)Cc1ccccc1)NCC1(CCO)CCOC1.I. The summed E-state index contributed by atoms with van der Waals surface area (Å²) in [6.45, 7) is 7.81. The van der Waals surface area contributed by atoms with Crippen molar-refractivity contribution in [2.75, 3.05) is 40.0 Å². The molecule has 0 spiro atoms. The molecule has 1 aromatic rings. The number of rotatable bonds is 8. The lowest BCUT2D eigenvalue weighted by molar-refractivity contribution is 0.127. The number of aliphatic hydroxyl groups is 1. The smallest absolute Gasteiger partial charge is 0.191 e. The van der Waals surface area contributed by atoms with Crippen molar-refractivity contribution in [1.82, 2.24) is 10.6 Å². The maximum Gasteiger partial charge on any atom is 0.191 e. The first-order valence-electron chi connectivity index (χ1n) is 9.16. The van der Waals surface area contributed by atoms with Crippen molar-refractivity contribution in [1.29, 1.82) is 0 Å². The average Bonchev–Trinajstić information content (AvgIpc) is 3.04. The van der Waals surface area contributed by atoms with Gasteiger partial charge in [-0.15, -0.1) is 24.0 Å². The number of aliphatic imine (C=N–C) groups is 1. The molecule has 6 heteroatoms. The minimum absolute atomic E-state index is 0. The van der Waals surface area contributed by atoms with Crippen molar-refractivity contribution in [3.05, 3.63) is 35.9 Å². The lowest BCUT2D eigenvalue weighted by Gasteiger charge is -2.29. The molecule has 1 aliphatic heterocycles. The van der Waals surface area contributed by atoms with Gasteiger partial charge < -0.3 is 20.5 Å². The number of guanidine groups is 1. The maximum atomic E-state index is 9.34. The second kappa shape index (κ2) is 11.1. The first kappa shape index (κ1) is 23.2. The van der Waals surface area contributed by atoms with Gasteiger partial charge in [0.15, 0.2) is 5.96 Å². The molecule has 0 saturated carbocycles. The van der Waals surface area contributed by atoms with Gasteiger partial charge in [-0.05, 0) is 30.2 Å². The number of nitrogens with zero attached hydrogens (tertiary/aromatic N) is 1. The fraction of sp³-hybridized carbons (Fsp3) is 0.650. The summed E-state index contributed by atoms with van der Waals surface area (Å²) in [5.74, 6) is 0.811. The lowest BCUT2D eigenvalue weighted by Crippen LogP contribution is -2.47. The van der Waals surface area contributed by atoms with E-state index in [1.807, 2.05) is 0 Å². The van der Waals surface area contributed by atoms with Crippen LogP contribution in [0.1, 0.15) is 32.3 Å². The Morgan fingerprint density at radius 3 is 2.58 bits per heavy atom. The summed E-state index contributed by atoms with van der Waals surface area (Å²) in [4.78, 5) is 4.34. The first-order valence-corrected chi connectivity index (χ1v) is 9.16. The Labute approximate surface area is 175 Å². The van der Waals surface area contributed by atoms with E-state index in [4.69, 9.17) is 4.74 Å². The normalized spacial score (nSPS) is 20.5. The lowest BCUT2D eigenvalue weighted by atomic mass is 9.84. The summed E-state index contributed by atoms with van der Waals surface area (Å²) in [7, 11) is 1.80. The number of halogens is 1. The molecule has 2 rings (SSSR count). The van der Waals surface area contributed by atoms with Crippen LogP contribution in [0.2, 0.25) is 0 Å². The standard InChI is InChI=1S/C20H33N3O2.HI/c1-19(2,13-17-7-5-4-6-8-17)14-22-18(21-3)23-15-20(9-11-24)10-12-25-16-20;/h4-8,24H,9-16H2,1-3H3,(H2,21,22,23);1H. The molecule has 1 aromatic carbocycles. The van der Waals surface area contributed by atoms with E-state index in [1.54, 1.807) is 7.05 Å². The van der Waals surface area contributed by atoms with E-state index in [9.17, 15) is 5.11 Å². The van der Waals surface area contributed by atoms with Crippen molar-refractivity contribution >= 4 is 29.9 Å². The third-order valence-electron chi connectivity index (χ3n) is 4.94. The molecule has 5 nitrogen and oxygen atoms in total. The van der Waals surface area contributed by atoms with Crippen molar-refractivity contribution in [2.24, 2.45) is 15.8 Å². The van der Waals surface area contributed by atoms with E-state index in [0.717, 1.165) is 44.9 Å². The van der Waals surface area contributed by atoms with Gasteiger partial charge in [-0.1, -0.05) is 44.2 Å². The van der Waals surface area contributed by atoms with Gasteiger partial charge in [0.05, 0.1) is 6.61 Å². The largest absolute Gasteiger partial charge is 0.396 e. The number of nitrogens with one attached hydrogen (secondary N) is 2. The fourth-order valence-corrected chi connectivity index (χ4v) is 3.34. The van der Waals surface area contributed by atoms with E-state index in [0.29, 0.717) is 6.61 Å². The second-order valence-corrected chi connectivity index (χ2v) is 7.88. The molecule has 0 amide bonds. The number of hydrogen-bond donors (Lipinski definition) is 3. The van der Waals surface area contributed by atoms with Gasteiger partial charge >= 0.3 is 0 Å². The molecular formula is C20H34IN3O2. The minimum Gasteiger partial charge on any atom is -0.396 e. The van der Waals surface area contributed by atoms with Crippen LogP contribution in [0.5, 0.6) is 0 Å². The van der Waals surface area contributed by atoms with E-state index < -0.39 is 0 Å². The van der Waals surface area contributed by atoms with E-state index in [1.165, 1.54) is 5.56 Å². The van der Waals surface area contributed by atoms with E-state index >= 15 is 0 Å². The van der Waals surface area contributed by atoms with Crippen molar-refractivity contribution in [3.8, 4) is 0 Å². The van der Waals surface area contributed by atoms with Crippen LogP contribution in [0.3, 0.4) is 0 Å². The van der Waals surface area contributed by atoms with Gasteiger partial charge in [-0.2, -0.15) is 0 Å². The quantitative estimate of drug-likeness (QED) is 0.308. The van der Waals surface area contributed by atoms with Crippen LogP contribution in [-0.2, 0) is 11.2 Å². The first-order chi connectivity index (χ1) is 12.0. The second-order valence-electron chi connectivity index (χ2n) is 7.88. The summed E-state index contributed by atoms with van der Waals surface area (Å²) in [5, 5.41) is 16.2. The molecule has 0 aromatic heterocycles. The molecule has 3 N–H and O–H groups in total. The Hall–Kier alpha value is -0.860. The molecule has 0 bridgehead atoms. The number of hydrogen-bond acceptors (Lipinski definition) is 3. The van der Waals surface area contributed by atoms with Gasteiger partial charge in [0.25, 0.3) is 0 Å². The highest BCUT2D eigenvalue weighted by molar-refractivity contribution is 14.0. The van der Waals surface area contributed by atoms with Gasteiger partial charge in [-0.25, -0.2) is 0 Å². The highest BCUT2D eigenvalue weighted by Crippen LogP contribution is 2.31. The molecule has 0 radical (unpaired) electrons. The molecule has 1 heterocycles. The van der Waals surface area contributed by atoms with Crippen molar-refractivity contribution in [2.45, 2.75) is 33.1 Å². The summed E-state index contributed by atoms with van der Waals surface area (Å²) in [5.41, 5.74) is 1.49. The van der Waals surface area contributed by atoms with Crippen molar-refractivity contribution < 1.29 is 9.84 Å². The molecule has 1 fully saturated rings. The monoisotopic (exact) mass is 475 g/mol. The van der Waals surface area contributed by atoms with Gasteiger partial charge in [0.1, 0.15) is 0 Å². The fourth-order valence-electron chi connectivity index (χ4n) is 3.34. The Morgan fingerprint density at radius 2 is 2.00 bits per heavy atom. The number of benzene rings is 1. The predicted molar refractivity (Wildman–Crippen MR) is 118 cm³/mol. The molecule has 1 unspecified atom stereocenters. The van der Waals surface area contributed by atoms with E-state index in [-0.39, 0.29) is 41.4 Å². The minimum atomic E-state index is 0. The highest BCUT2D eigenvalue weighted by Gasteiger charge is 2.34. The molecular weight excluding hydrogens is 441 g/mol. The van der Waals surface area contributed by atoms with Crippen LogP contribution in [0.15, 0.2) is 35.3 Å². The molecule has 1 aliphatic rings. The summed E-state index contributed by atoms with van der Waals surface area (Å²) in [6, 6.07) is 10.6. The molecule has 26 heavy (non-hydrogen) atoms. The Morgan fingerprint density at radius 1 is 1.27 bits per heavy atom. The topological polar surface area (TPSA) is 65.9 Å². The van der Waals surface area contributed by atoms with Gasteiger partial charge in [-0.3, -0.25) is 4.99 Å². The summed E-state index contributed by atoms with van der Waals surface area (Å²) < 4.78 is 5.55. The third-order valence-corrected chi connectivity index (χ3v) is 4.94. The number of aliphatic hydroxyl groups excluding tert-OH is 1. The van der Waals surface area contributed by atoms with Gasteiger partial charge in [0, 0.05) is 38.8 Å². The van der Waals surface area contributed by atoms with Gasteiger partial charge in [0.2, 0.25) is 0 Å². The zero-order chi connectivity index (χ0) is 18.2. The molecule has 0 aliphatic carbocycles. The van der Waals surface area contributed by atoms with Crippen LogP contribution in [0.4, 0.5) is 0 Å². The van der Waals surface area contributed by atoms with Crippen LogP contribution in [0, 0.1) is 10.8 Å². The maximum absolute atomic E-state index is 9.34. The molecule has 148 valence electrons. The predicted octanol–water partition coefficient (Wildman–Crippen LogP) is 2.83. The van der Waals surface area contributed by atoms with Crippen LogP contribution in [0.25, 0.3) is 0 Å². The van der Waals surface area contributed by atoms with Crippen LogP contribution < -0.4 is 10.6 Å². The number of ether oxygens (including phenoxy) is 1. The van der Waals surface area contributed by atoms with E-state index in [2.05, 4.69) is 59.8 Å². The molecule has 1 atom stereocenters. The third kappa shape index (κ3) is 7.40. The van der Waals surface area contributed by atoms with Crippen molar-refractivity contribution in [3.63, 3.8) is 0 Å². The zero-order valence-corrected chi connectivity index (χ0v) is 18.6. The summed E-state index contributed by atoms with van der Waals surface area (Å²) in [6.07, 6.45) is 2.76.